The summed E-state index contributed by atoms with van der Waals surface area (Å²) in [7, 11) is 0. The number of hydrogen-bond acceptors (Lipinski definition) is 2. The van der Waals surface area contributed by atoms with Crippen LogP contribution in [0.4, 0.5) is 0 Å². The third-order valence-corrected chi connectivity index (χ3v) is 1.91. The fourth-order valence-corrected chi connectivity index (χ4v) is 0.947. The summed E-state index contributed by atoms with van der Waals surface area (Å²) in [6, 6.07) is 3.13. The summed E-state index contributed by atoms with van der Waals surface area (Å²) < 4.78 is 0. The van der Waals surface area contributed by atoms with E-state index >= 15 is 0 Å². The molecule has 1 rings (SSSR count). The number of pyridine rings is 1. The number of carbonyl (C=O) groups is 1. The van der Waals surface area contributed by atoms with E-state index in [1.807, 2.05) is 0 Å². The molecular weight excluding hydrogens is 213 g/mol. The minimum atomic E-state index is -1.03. The lowest BCUT2D eigenvalue weighted by Gasteiger charge is -1.95. The van der Waals surface area contributed by atoms with Gasteiger partial charge in [0, 0.05) is 6.08 Å². The number of halogens is 2. The Morgan fingerprint density at radius 3 is 2.69 bits per heavy atom. The molecule has 0 saturated heterocycles. The zero-order valence-corrected chi connectivity index (χ0v) is 7.88. The average Bonchev–Trinajstić information content (AvgIpc) is 2.07. The molecule has 0 aliphatic rings. The van der Waals surface area contributed by atoms with Crippen molar-refractivity contribution >= 4 is 35.2 Å². The van der Waals surface area contributed by atoms with Crippen molar-refractivity contribution in [2.24, 2.45) is 0 Å². The van der Waals surface area contributed by atoms with Gasteiger partial charge in [-0.05, 0) is 18.2 Å². The van der Waals surface area contributed by atoms with Crippen molar-refractivity contribution in [3.05, 3.63) is 34.1 Å². The second kappa shape index (κ2) is 4.25. The standard InChI is InChI=1S/C8H5Cl2NO2/c9-6-3-1-5(11-8(6)10)2-4-7(12)13/h1-4H,(H,12,13)/b4-2+. The van der Waals surface area contributed by atoms with Crippen LogP contribution in [0.5, 0.6) is 0 Å². The van der Waals surface area contributed by atoms with Gasteiger partial charge in [0.2, 0.25) is 0 Å². The van der Waals surface area contributed by atoms with Crippen LogP contribution in [0.15, 0.2) is 18.2 Å². The van der Waals surface area contributed by atoms with Crippen LogP contribution < -0.4 is 0 Å². The number of aromatic nitrogens is 1. The first kappa shape index (κ1) is 10.0. The van der Waals surface area contributed by atoms with Crippen LogP contribution in [-0.4, -0.2) is 16.1 Å². The lowest BCUT2D eigenvalue weighted by Crippen LogP contribution is -1.87. The molecule has 5 heteroatoms. The van der Waals surface area contributed by atoms with Crippen molar-refractivity contribution in [3.63, 3.8) is 0 Å². The molecular formula is C8H5Cl2NO2. The highest BCUT2D eigenvalue weighted by Gasteiger charge is 1.98. The van der Waals surface area contributed by atoms with Gasteiger partial charge in [0.15, 0.2) is 0 Å². The minimum Gasteiger partial charge on any atom is -0.478 e. The molecule has 0 spiro atoms. The van der Waals surface area contributed by atoms with Crippen LogP contribution in [0.3, 0.4) is 0 Å². The van der Waals surface area contributed by atoms with Crippen molar-refractivity contribution < 1.29 is 9.90 Å². The highest BCUT2D eigenvalue weighted by atomic mass is 35.5. The van der Waals surface area contributed by atoms with Crippen molar-refractivity contribution in [2.45, 2.75) is 0 Å². The Hall–Kier alpha value is -1.06. The zero-order chi connectivity index (χ0) is 9.84. The molecule has 0 aliphatic carbocycles. The molecule has 0 unspecified atom stereocenters. The van der Waals surface area contributed by atoms with Gasteiger partial charge in [-0.1, -0.05) is 23.2 Å². The van der Waals surface area contributed by atoms with Gasteiger partial charge >= 0.3 is 5.97 Å². The first-order valence-corrected chi connectivity index (χ1v) is 4.08. The van der Waals surface area contributed by atoms with Gasteiger partial charge < -0.3 is 5.11 Å². The molecule has 1 aromatic rings. The normalized spacial score (nSPS) is 10.6. The summed E-state index contributed by atoms with van der Waals surface area (Å²) in [6.45, 7) is 0. The van der Waals surface area contributed by atoms with Gasteiger partial charge in [-0.15, -0.1) is 0 Å². The summed E-state index contributed by atoms with van der Waals surface area (Å²) in [6.07, 6.45) is 2.32. The summed E-state index contributed by atoms with van der Waals surface area (Å²) in [5, 5.41) is 8.83. The molecule has 0 aromatic carbocycles. The predicted octanol–water partition coefficient (Wildman–Crippen LogP) is 2.49. The van der Waals surface area contributed by atoms with E-state index in [2.05, 4.69) is 4.98 Å². The molecule has 13 heavy (non-hydrogen) atoms. The molecule has 3 nitrogen and oxygen atoms in total. The number of rotatable bonds is 2. The van der Waals surface area contributed by atoms with Gasteiger partial charge in [-0.2, -0.15) is 0 Å². The molecule has 1 heterocycles. The fourth-order valence-electron chi connectivity index (χ4n) is 0.681. The summed E-state index contributed by atoms with van der Waals surface area (Å²) in [5.41, 5.74) is 0.455. The first-order chi connectivity index (χ1) is 6.09. The maximum absolute atomic E-state index is 10.2. The van der Waals surface area contributed by atoms with E-state index in [0.717, 1.165) is 6.08 Å². The van der Waals surface area contributed by atoms with Crippen LogP contribution in [-0.2, 0) is 4.79 Å². The van der Waals surface area contributed by atoms with E-state index in [-0.39, 0.29) is 5.15 Å². The van der Waals surface area contributed by atoms with E-state index in [4.69, 9.17) is 28.3 Å². The largest absolute Gasteiger partial charge is 0.478 e. The number of carboxylic acids is 1. The van der Waals surface area contributed by atoms with Gasteiger partial charge in [0.25, 0.3) is 0 Å². The van der Waals surface area contributed by atoms with Gasteiger partial charge in [-0.3, -0.25) is 0 Å². The van der Waals surface area contributed by atoms with E-state index < -0.39 is 5.97 Å². The van der Waals surface area contributed by atoms with E-state index in [1.54, 1.807) is 12.1 Å². The Balaban J connectivity index is 2.92. The first-order valence-electron chi connectivity index (χ1n) is 3.32. The Morgan fingerprint density at radius 2 is 2.15 bits per heavy atom. The Kier molecular flexibility index (Phi) is 3.28. The minimum absolute atomic E-state index is 0.161. The quantitative estimate of drug-likeness (QED) is 0.612. The van der Waals surface area contributed by atoms with Crippen LogP contribution in [0.25, 0.3) is 6.08 Å². The van der Waals surface area contributed by atoms with E-state index in [0.29, 0.717) is 10.7 Å². The Morgan fingerprint density at radius 1 is 1.46 bits per heavy atom. The molecule has 0 atom stereocenters. The molecule has 0 saturated carbocycles. The molecule has 68 valence electrons. The van der Waals surface area contributed by atoms with Gasteiger partial charge in [0.05, 0.1) is 10.7 Å². The molecule has 1 N–H and O–H groups in total. The topological polar surface area (TPSA) is 50.2 Å². The number of nitrogens with zero attached hydrogens (tertiary/aromatic N) is 1. The molecule has 0 fully saturated rings. The SMILES string of the molecule is O=C(O)/C=C/c1ccc(Cl)c(Cl)n1. The summed E-state index contributed by atoms with van der Waals surface area (Å²) in [4.78, 5) is 14.0. The van der Waals surface area contributed by atoms with Crippen molar-refractivity contribution in [2.75, 3.05) is 0 Å². The van der Waals surface area contributed by atoms with Gasteiger partial charge in [0.1, 0.15) is 5.15 Å². The summed E-state index contributed by atoms with van der Waals surface area (Å²) in [5.74, 6) is -1.03. The predicted molar refractivity (Wildman–Crippen MR) is 50.9 cm³/mol. The van der Waals surface area contributed by atoms with Crippen molar-refractivity contribution in [3.8, 4) is 0 Å². The Labute approximate surface area is 84.6 Å². The molecule has 0 radical (unpaired) electrons. The van der Waals surface area contributed by atoms with Crippen molar-refractivity contribution in [1.82, 2.24) is 4.98 Å². The second-order valence-electron chi connectivity index (χ2n) is 2.18. The lowest BCUT2D eigenvalue weighted by atomic mass is 10.3. The molecule has 1 aromatic heterocycles. The van der Waals surface area contributed by atoms with Crippen molar-refractivity contribution in [1.29, 1.82) is 0 Å². The number of hydrogen-bond donors (Lipinski definition) is 1. The maximum atomic E-state index is 10.2. The van der Waals surface area contributed by atoms with Crippen LogP contribution in [0.2, 0.25) is 10.2 Å². The highest BCUT2D eigenvalue weighted by molar-refractivity contribution is 6.41. The van der Waals surface area contributed by atoms with Crippen LogP contribution >= 0.6 is 23.2 Å². The van der Waals surface area contributed by atoms with E-state index in [9.17, 15) is 4.79 Å². The number of aliphatic carboxylic acids is 1. The third-order valence-electron chi connectivity index (χ3n) is 1.22. The fraction of sp³-hybridized carbons (Fsp3) is 0. The lowest BCUT2D eigenvalue weighted by molar-refractivity contribution is -0.131. The average molecular weight is 218 g/mol. The second-order valence-corrected chi connectivity index (χ2v) is 2.95. The van der Waals surface area contributed by atoms with Crippen LogP contribution in [0, 0.1) is 0 Å². The monoisotopic (exact) mass is 217 g/mol. The summed E-state index contributed by atoms with van der Waals surface area (Å²) >= 11 is 11.2. The smallest absolute Gasteiger partial charge is 0.328 e. The van der Waals surface area contributed by atoms with Gasteiger partial charge in [-0.25, -0.2) is 9.78 Å². The van der Waals surface area contributed by atoms with E-state index in [1.165, 1.54) is 6.08 Å². The number of carboxylic acid groups (broad SMARTS) is 1. The highest BCUT2D eigenvalue weighted by Crippen LogP contribution is 2.19. The molecule has 0 aliphatic heterocycles. The zero-order valence-electron chi connectivity index (χ0n) is 6.37. The third kappa shape index (κ3) is 3.05. The molecule has 0 bridgehead atoms. The maximum Gasteiger partial charge on any atom is 0.328 e. The Bertz CT molecular complexity index is 363. The van der Waals surface area contributed by atoms with Crippen LogP contribution in [0.1, 0.15) is 5.69 Å². The molecule has 0 amide bonds.